The van der Waals surface area contributed by atoms with E-state index in [1.165, 1.54) is 11.1 Å². The molecule has 11 heavy (non-hydrogen) atoms. The molecule has 1 aliphatic rings. The maximum absolute atomic E-state index is 4.07. The number of fused-ring (bicyclic) bond motifs is 1. The van der Waals surface area contributed by atoms with Gasteiger partial charge in [-0.15, -0.1) is 0 Å². The van der Waals surface area contributed by atoms with Crippen LogP contribution < -0.4 is 0 Å². The van der Waals surface area contributed by atoms with E-state index in [1.807, 2.05) is 18.3 Å². The largest absolute Gasteiger partial charge is 0.291 e. The molecule has 1 aliphatic heterocycles. The number of hydrogen-bond donors (Lipinski definition) is 0. The minimum Gasteiger partial charge on any atom is -0.291 e. The molecular weight excluding hydrogens is 136 g/mol. The summed E-state index contributed by atoms with van der Waals surface area (Å²) in [6.07, 6.45) is 1.84. The molecule has 0 amide bonds. The van der Waals surface area contributed by atoms with E-state index in [0.717, 1.165) is 6.54 Å². The summed E-state index contributed by atoms with van der Waals surface area (Å²) in [6, 6.07) is 8.21. The van der Waals surface area contributed by atoms with E-state index in [1.54, 1.807) is 5.01 Å². The molecule has 0 fully saturated rings. The molecule has 2 heteroatoms. The lowest BCUT2D eigenvalue weighted by Gasteiger charge is -2.18. The molecule has 2 nitrogen and oxygen atoms in total. The minimum atomic E-state index is 0.812. The fourth-order valence-corrected chi connectivity index (χ4v) is 1.19. The average molecular weight is 145 g/mol. The fraction of sp³-hybridized carbons (Fsp3) is 0.111. The summed E-state index contributed by atoms with van der Waals surface area (Å²) in [6.45, 7) is 0.812. The first-order valence-corrected chi connectivity index (χ1v) is 3.56. The minimum absolute atomic E-state index is 0.812. The summed E-state index contributed by atoms with van der Waals surface area (Å²) < 4.78 is 0. The Balaban J connectivity index is 2.46. The first-order chi connectivity index (χ1) is 5.36. The summed E-state index contributed by atoms with van der Waals surface area (Å²) in [5.41, 5.74) is 2.49. The van der Waals surface area contributed by atoms with Gasteiger partial charge in [0.25, 0.3) is 0 Å². The maximum Gasteiger partial charge on any atom is 0.0617 e. The van der Waals surface area contributed by atoms with Crippen LogP contribution in [0.2, 0.25) is 0 Å². The van der Waals surface area contributed by atoms with Crippen molar-refractivity contribution < 1.29 is 0 Å². The highest BCUT2D eigenvalue weighted by atomic mass is 15.4. The number of rotatable bonds is 0. The maximum atomic E-state index is 4.07. The summed E-state index contributed by atoms with van der Waals surface area (Å²) in [4.78, 5) is 0. The quantitative estimate of drug-likeness (QED) is 0.541. The Kier molecular flexibility index (Phi) is 1.39. The Hall–Kier alpha value is -1.31. The number of nitrogens with zero attached hydrogens (tertiary/aromatic N) is 2. The van der Waals surface area contributed by atoms with Gasteiger partial charge in [-0.3, -0.25) is 5.01 Å². The van der Waals surface area contributed by atoms with Crippen LogP contribution in [0.25, 0.3) is 0 Å². The van der Waals surface area contributed by atoms with E-state index in [4.69, 9.17) is 0 Å². The van der Waals surface area contributed by atoms with Crippen molar-refractivity contribution in [2.75, 3.05) is 0 Å². The van der Waals surface area contributed by atoms with Crippen molar-refractivity contribution in [1.29, 1.82) is 0 Å². The Bertz CT molecular complexity index is 291. The van der Waals surface area contributed by atoms with Gasteiger partial charge in [0.1, 0.15) is 0 Å². The average Bonchev–Trinajstić information content (AvgIpc) is 2.04. The Morgan fingerprint density at radius 2 is 2.18 bits per heavy atom. The second-order valence-corrected chi connectivity index (χ2v) is 2.61. The smallest absolute Gasteiger partial charge is 0.0617 e. The lowest BCUT2D eigenvalue weighted by atomic mass is 10.1. The molecule has 0 bridgehead atoms. The van der Waals surface area contributed by atoms with Gasteiger partial charge >= 0.3 is 0 Å². The van der Waals surface area contributed by atoms with Gasteiger partial charge in [-0.05, 0) is 11.1 Å². The molecule has 0 aromatic heterocycles. The Morgan fingerprint density at radius 3 is 3.09 bits per heavy atom. The molecule has 1 aromatic carbocycles. The predicted octanol–water partition coefficient (Wildman–Crippen LogP) is 1.63. The lowest BCUT2D eigenvalue weighted by Crippen LogP contribution is -2.14. The van der Waals surface area contributed by atoms with Crippen LogP contribution >= 0.6 is 0 Å². The van der Waals surface area contributed by atoms with Crippen molar-refractivity contribution in [1.82, 2.24) is 5.01 Å². The molecule has 0 saturated heterocycles. The number of hydrogen-bond acceptors (Lipinski definition) is 2. The summed E-state index contributed by atoms with van der Waals surface area (Å²) in [5.74, 6) is 0. The third kappa shape index (κ3) is 1.11. The predicted molar refractivity (Wildman–Crippen MR) is 44.9 cm³/mol. The van der Waals surface area contributed by atoms with Gasteiger partial charge < -0.3 is 0 Å². The first-order valence-electron chi connectivity index (χ1n) is 3.56. The van der Waals surface area contributed by atoms with Crippen LogP contribution in [0.1, 0.15) is 11.1 Å². The van der Waals surface area contributed by atoms with Gasteiger partial charge in [0.15, 0.2) is 0 Å². The third-order valence-corrected chi connectivity index (χ3v) is 1.77. The molecule has 1 radical (unpaired) electrons. The van der Waals surface area contributed by atoms with Crippen molar-refractivity contribution in [2.24, 2.45) is 5.10 Å². The molecule has 0 N–H and O–H groups in total. The zero-order chi connectivity index (χ0) is 7.68. The van der Waals surface area contributed by atoms with E-state index in [2.05, 4.69) is 24.3 Å². The zero-order valence-electron chi connectivity index (χ0n) is 6.20. The highest BCUT2D eigenvalue weighted by molar-refractivity contribution is 5.82. The second kappa shape index (κ2) is 2.38. The molecule has 1 heterocycles. The molecule has 1 aromatic rings. The molecule has 2 rings (SSSR count). The summed E-state index contributed by atoms with van der Waals surface area (Å²) >= 11 is 0. The zero-order valence-corrected chi connectivity index (χ0v) is 6.20. The van der Waals surface area contributed by atoms with Crippen molar-refractivity contribution in [3.63, 3.8) is 0 Å². The topological polar surface area (TPSA) is 15.6 Å². The van der Waals surface area contributed by atoms with Crippen LogP contribution in [0.3, 0.4) is 0 Å². The van der Waals surface area contributed by atoms with Crippen molar-refractivity contribution in [3.8, 4) is 0 Å². The van der Waals surface area contributed by atoms with Gasteiger partial charge in [-0.25, -0.2) is 0 Å². The van der Waals surface area contributed by atoms with Crippen molar-refractivity contribution >= 4 is 6.21 Å². The van der Waals surface area contributed by atoms with E-state index >= 15 is 0 Å². The summed E-state index contributed by atoms with van der Waals surface area (Å²) in [5, 5.41) is 5.75. The molecule has 55 valence electrons. The molecule has 0 saturated carbocycles. The van der Waals surface area contributed by atoms with Crippen LogP contribution in [0.15, 0.2) is 29.4 Å². The number of benzene rings is 1. The van der Waals surface area contributed by atoms with Crippen LogP contribution in [0, 0.1) is 7.05 Å². The standard InChI is InChI=1S/C9H9N2/c1-11-7-9-5-3-2-4-8(9)6-10-11/h2-6H,1,7H2. The van der Waals surface area contributed by atoms with Crippen LogP contribution in [0.5, 0.6) is 0 Å². The van der Waals surface area contributed by atoms with Crippen molar-refractivity contribution in [2.45, 2.75) is 6.54 Å². The highest BCUT2D eigenvalue weighted by Crippen LogP contribution is 2.13. The van der Waals surface area contributed by atoms with Crippen molar-refractivity contribution in [3.05, 3.63) is 42.4 Å². The monoisotopic (exact) mass is 145 g/mol. The second-order valence-electron chi connectivity index (χ2n) is 2.61. The van der Waals surface area contributed by atoms with Crippen LogP contribution in [-0.4, -0.2) is 11.2 Å². The molecule has 0 aliphatic carbocycles. The van der Waals surface area contributed by atoms with Crippen LogP contribution in [-0.2, 0) is 6.54 Å². The summed E-state index contributed by atoms with van der Waals surface area (Å²) in [7, 11) is 3.73. The SMILES string of the molecule is [CH2]N1Cc2ccccc2C=N1. The van der Waals surface area contributed by atoms with Gasteiger partial charge in [0, 0.05) is 0 Å². The van der Waals surface area contributed by atoms with E-state index < -0.39 is 0 Å². The van der Waals surface area contributed by atoms with Gasteiger partial charge in [-0.1, -0.05) is 24.3 Å². The normalized spacial score (nSPS) is 14.8. The molecule has 0 unspecified atom stereocenters. The molecule has 0 atom stereocenters. The third-order valence-electron chi connectivity index (χ3n) is 1.77. The highest BCUT2D eigenvalue weighted by Gasteiger charge is 2.05. The fourth-order valence-electron chi connectivity index (χ4n) is 1.19. The van der Waals surface area contributed by atoms with Gasteiger partial charge in [0.05, 0.1) is 19.8 Å². The van der Waals surface area contributed by atoms with Crippen LogP contribution in [0.4, 0.5) is 0 Å². The molecular formula is C9H9N2. The Morgan fingerprint density at radius 1 is 1.36 bits per heavy atom. The lowest BCUT2D eigenvalue weighted by molar-refractivity contribution is 0.382. The van der Waals surface area contributed by atoms with Gasteiger partial charge in [0.2, 0.25) is 0 Å². The van der Waals surface area contributed by atoms with E-state index in [0.29, 0.717) is 0 Å². The molecule has 0 spiro atoms. The van der Waals surface area contributed by atoms with E-state index in [-0.39, 0.29) is 0 Å². The first kappa shape index (κ1) is 6.40. The van der Waals surface area contributed by atoms with Gasteiger partial charge in [-0.2, -0.15) is 5.10 Å². The Labute approximate surface area is 66.1 Å². The number of hydrazone groups is 1. The van der Waals surface area contributed by atoms with E-state index in [9.17, 15) is 0 Å².